The first-order valence-corrected chi connectivity index (χ1v) is 9.54. The molecular weight excluding hydrogens is 357 g/mol. The number of anilines is 1. The van der Waals surface area contributed by atoms with Crippen molar-refractivity contribution in [3.8, 4) is 5.75 Å². The smallest absolute Gasteiger partial charge is 0.404 e. The van der Waals surface area contributed by atoms with Gasteiger partial charge in [-0.25, -0.2) is 19.5 Å². The minimum atomic E-state index is -3.53. The number of hydrogen-bond acceptors (Lipinski definition) is 8. The zero-order valence-electron chi connectivity index (χ0n) is 14.2. The molecule has 0 fully saturated rings. The van der Waals surface area contributed by atoms with E-state index < -0.39 is 7.60 Å². The third-order valence-corrected chi connectivity index (χ3v) is 4.93. The summed E-state index contributed by atoms with van der Waals surface area (Å²) < 4.78 is 30.3. The van der Waals surface area contributed by atoms with E-state index in [0.717, 1.165) is 0 Å². The summed E-state index contributed by atoms with van der Waals surface area (Å²) in [6.45, 7) is 2.25. The minimum Gasteiger partial charge on any atom is -0.423 e. The number of nitrogens with zero attached hydrogens (tertiary/aromatic N) is 4. The number of nitrogen functional groups attached to an aromatic ring is 1. The molecule has 3 rings (SSSR count). The fourth-order valence-corrected chi connectivity index (χ4v) is 3.37. The standard InChI is InChI=1S/C16H19N5O4P/c1-12(8-21-10-20-14-15(17)18-9-19-16(14)21)24-11-26(22,23-2)25-13-6-4-3-5-7-13/h3-7,9-10,12H,2,8,11H2,1H3,(H2,17,18,19). The molecule has 0 aliphatic carbocycles. The van der Waals surface area contributed by atoms with Crippen LogP contribution in [0.25, 0.3) is 11.2 Å². The largest absolute Gasteiger partial charge is 0.423 e. The van der Waals surface area contributed by atoms with E-state index in [4.69, 9.17) is 19.5 Å². The van der Waals surface area contributed by atoms with Crippen molar-refractivity contribution in [1.82, 2.24) is 19.5 Å². The molecule has 10 heteroatoms. The average molecular weight is 376 g/mol. The first-order valence-electron chi connectivity index (χ1n) is 7.81. The molecule has 2 heterocycles. The molecule has 0 saturated heterocycles. The van der Waals surface area contributed by atoms with Crippen molar-refractivity contribution in [3.05, 3.63) is 50.1 Å². The fraction of sp³-hybridized carbons (Fsp3) is 0.250. The highest BCUT2D eigenvalue weighted by molar-refractivity contribution is 7.54. The molecule has 26 heavy (non-hydrogen) atoms. The SMILES string of the molecule is [CH2]OP(=O)(COC(C)Cn1cnc2c(N)ncnc21)Oc1ccccc1. The van der Waals surface area contributed by atoms with Crippen molar-refractivity contribution in [2.75, 3.05) is 12.1 Å². The summed E-state index contributed by atoms with van der Waals surface area (Å²) in [6.07, 6.45) is 2.43. The molecule has 0 saturated carbocycles. The van der Waals surface area contributed by atoms with Crippen molar-refractivity contribution in [1.29, 1.82) is 0 Å². The maximum absolute atomic E-state index is 12.6. The van der Waals surface area contributed by atoms with Gasteiger partial charge in [-0.2, -0.15) is 0 Å². The Morgan fingerprint density at radius 3 is 2.77 bits per heavy atom. The number of para-hydroxylation sites is 1. The van der Waals surface area contributed by atoms with Crippen LogP contribution in [0.15, 0.2) is 43.0 Å². The summed E-state index contributed by atoms with van der Waals surface area (Å²) in [5, 5.41) is 0. The highest BCUT2D eigenvalue weighted by Gasteiger charge is 2.26. The number of fused-ring (bicyclic) bond motifs is 1. The van der Waals surface area contributed by atoms with Crippen molar-refractivity contribution in [2.45, 2.75) is 19.6 Å². The summed E-state index contributed by atoms with van der Waals surface area (Å²) in [6, 6.07) is 8.72. The average Bonchev–Trinajstić information content (AvgIpc) is 3.05. The first kappa shape index (κ1) is 18.3. The van der Waals surface area contributed by atoms with Gasteiger partial charge < -0.3 is 19.6 Å². The molecule has 0 aliphatic heterocycles. The van der Waals surface area contributed by atoms with Gasteiger partial charge in [-0.3, -0.25) is 4.52 Å². The van der Waals surface area contributed by atoms with E-state index in [1.54, 1.807) is 35.2 Å². The van der Waals surface area contributed by atoms with E-state index >= 15 is 0 Å². The first-order chi connectivity index (χ1) is 12.5. The zero-order chi connectivity index (χ0) is 18.6. The van der Waals surface area contributed by atoms with Gasteiger partial charge in [-0.15, -0.1) is 0 Å². The van der Waals surface area contributed by atoms with Gasteiger partial charge in [0.2, 0.25) is 0 Å². The Morgan fingerprint density at radius 1 is 1.27 bits per heavy atom. The van der Waals surface area contributed by atoms with E-state index in [1.165, 1.54) is 6.33 Å². The number of ether oxygens (including phenoxy) is 1. The molecule has 3 aromatic rings. The molecule has 2 atom stereocenters. The lowest BCUT2D eigenvalue weighted by molar-refractivity contribution is 0.0764. The molecule has 137 valence electrons. The zero-order valence-corrected chi connectivity index (χ0v) is 15.1. The van der Waals surface area contributed by atoms with E-state index in [9.17, 15) is 4.57 Å². The van der Waals surface area contributed by atoms with Gasteiger partial charge in [0.15, 0.2) is 17.8 Å². The van der Waals surface area contributed by atoms with E-state index in [-0.39, 0.29) is 12.5 Å². The quantitative estimate of drug-likeness (QED) is 0.597. The van der Waals surface area contributed by atoms with Crippen LogP contribution in [0.5, 0.6) is 5.75 Å². The molecule has 1 radical (unpaired) electrons. The van der Waals surface area contributed by atoms with E-state index in [2.05, 4.69) is 22.1 Å². The summed E-state index contributed by atoms with van der Waals surface area (Å²) in [7, 11) is -0.282. The van der Waals surface area contributed by atoms with Gasteiger partial charge in [0.1, 0.15) is 17.6 Å². The van der Waals surface area contributed by atoms with Crippen LogP contribution in [-0.4, -0.2) is 32.0 Å². The predicted molar refractivity (Wildman–Crippen MR) is 96.3 cm³/mol. The van der Waals surface area contributed by atoms with Gasteiger partial charge in [0.25, 0.3) is 0 Å². The van der Waals surface area contributed by atoms with Gasteiger partial charge in [-0.05, 0) is 19.1 Å². The van der Waals surface area contributed by atoms with E-state index in [0.29, 0.717) is 29.3 Å². The lowest BCUT2D eigenvalue weighted by Gasteiger charge is -2.20. The van der Waals surface area contributed by atoms with Crippen LogP contribution >= 0.6 is 7.60 Å². The normalized spacial score (nSPS) is 14.8. The van der Waals surface area contributed by atoms with Gasteiger partial charge in [0.05, 0.1) is 26.1 Å². The molecule has 1 aromatic carbocycles. The number of benzene rings is 1. The van der Waals surface area contributed by atoms with E-state index in [1.807, 2.05) is 13.0 Å². The van der Waals surface area contributed by atoms with Crippen molar-refractivity contribution < 1.29 is 18.3 Å². The summed E-state index contributed by atoms with van der Waals surface area (Å²) in [5.41, 5.74) is 6.90. The topological polar surface area (TPSA) is 114 Å². The summed E-state index contributed by atoms with van der Waals surface area (Å²) in [5.74, 6) is 0.733. The molecule has 2 aromatic heterocycles. The van der Waals surface area contributed by atoms with Gasteiger partial charge >= 0.3 is 7.60 Å². The van der Waals surface area contributed by atoms with Crippen molar-refractivity contribution >= 4 is 24.6 Å². The lowest BCUT2D eigenvalue weighted by Crippen LogP contribution is -2.18. The number of aromatic nitrogens is 4. The molecule has 0 bridgehead atoms. The Kier molecular flexibility index (Phi) is 5.51. The van der Waals surface area contributed by atoms with Crippen molar-refractivity contribution in [2.24, 2.45) is 0 Å². The number of imidazole rings is 1. The highest BCUT2D eigenvalue weighted by Crippen LogP contribution is 2.48. The molecule has 9 nitrogen and oxygen atoms in total. The van der Waals surface area contributed by atoms with Gasteiger partial charge in [-0.1, -0.05) is 18.2 Å². The Bertz CT molecular complexity index is 917. The Morgan fingerprint density at radius 2 is 2.04 bits per heavy atom. The second-order valence-electron chi connectivity index (χ2n) is 5.58. The third-order valence-electron chi connectivity index (χ3n) is 3.58. The molecular formula is C16H19N5O4P. The van der Waals surface area contributed by atoms with Crippen molar-refractivity contribution in [3.63, 3.8) is 0 Å². The molecule has 0 spiro atoms. The Balaban J connectivity index is 1.62. The monoisotopic (exact) mass is 376 g/mol. The van der Waals surface area contributed by atoms with Crippen LogP contribution in [0.2, 0.25) is 0 Å². The molecule has 0 aliphatic rings. The number of hydrogen-bond donors (Lipinski definition) is 1. The van der Waals surface area contributed by atoms with Crippen LogP contribution in [0.4, 0.5) is 5.82 Å². The van der Waals surface area contributed by atoms with Gasteiger partial charge in [0, 0.05) is 0 Å². The lowest BCUT2D eigenvalue weighted by atomic mass is 10.3. The minimum absolute atomic E-state index is 0.240. The fourth-order valence-electron chi connectivity index (χ4n) is 2.31. The maximum Gasteiger partial charge on any atom is 0.404 e. The number of rotatable bonds is 8. The van der Waals surface area contributed by atoms with Crippen LogP contribution in [0, 0.1) is 7.11 Å². The molecule has 0 amide bonds. The second-order valence-corrected chi connectivity index (χ2v) is 7.50. The van der Waals surface area contributed by atoms with Crippen LogP contribution < -0.4 is 10.3 Å². The van der Waals surface area contributed by atoms with Crippen LogP contribution in [0.3, 0.4) is 0 Å². The predicted octanol–water partition coefficient (Wildman–Crippen LogP) is 2.85. The number of nitrogens with two attached hydrogens (primary N) is 1. The highest BCUT2D eigenvalue weighted by atomic mass is 31.2. The van der Waals surface area contributed by atoms with Crippen LogP contribution in [0.1, 0.15) is 6.92 Å². The third kappa shape index (κ3) is 4.19. The Labute approximate surface area is 150 Å². The summed E-state index contributed by atoms with van der Waals surface area (Å²) >= 11 is 0. The maximum atomic E-state index is 12.6. The van der Waals surface area contributed by atoms with Crippen LogP contribution in [-0.2, 0) is 20.4 Å². The second kappa shape index (κ2) is 7.82. The molecule has 2 N–H and O–H groups in total. The molecule has 2 unspecified atom stereocenters. The Hall–Kier alpha value is -2.48. The summed E-state index contributed by atoms with van der Waals surface area (Å²) in [4.78, 5) is 12.3.